The maximum absolute atomic E-state index is 12.5. The summed E-state index contributed by atoms with van der Waals surface area (Å²) < 4.78 is 18.0. The Kier molecular flexibility index (Phi) is 2.57. The Morgan fingerprint density at radius 1 is 1.31 bits per heavy atom. The zero-order valence-corrected chi connectivity index (χ0v) is 7.29. The summed E-state index contributed by atoms with van der Waals surface area (Å²) in [5.74, 6) is -0.200. The van der Waals surface area contributed by atoms with Gasteiger partial charge in [-0.15, -0.1) is 0 Å². The molecule has 0 aromatic heterocycles. The van der Waals surface area contributed by atoms with Gasteiger partial charge in [-0.2, -0.15) is 0 Å². The largest absolute Gasteiger partial charge is 0.371 e. The minimum atomic E-state index is -0.200. The average Bonchev–Trinajstić information content (AvgIpc) is 2.05. The lowest BCUT2D eigenvalue weighted by molar-refractivity contribution is 0.00756. The number of halogens is 1. The molecule has 0 saturated carbocycles. The summed E-state index contributed by atoms with van der Waals surface area (Å²) in [6, 6.07) is 6.41. The quantitative estimate of drug-likeness (QED) is 0.759. The van der Waals surface area contributed by atoms with Crippen molar-refractivity contribution >= 4 is 0 Å². The molecule has 0 amide bonds. The molecule has 1 aliphatic rings. The van der Waals surface area contributed by atoms with Crippen LogP contribution in [-0.2, 0) is 11.3 Å². The van der Waals surface area contributed by atoms with Gasteiger partial charge in [0.15, 0.2) is 0 Å². The maximum Gasteiger partial charge on any atom is 0.123 e. The Bertz CT molecular complexity index is 269. The molecule has 2 rings (SSSR count). The molecule has 3 heteroatoms. The number of nitrogens with one attached hydrogen (secondary N) is 1. The minimum absolute atomic E-state index is 0.200. The molecule has 70 valence electrons. The SMILES string of the molecule is Fc1ccc(COC2CNC2)cc1. The molecule has 1 aliphatic heterocycles. The Hall–Kier alpha value is -0.930. The number of hydrogen-bond donors (Lipinski definition) is 1. The molecular formula is C10H12FNO. The third kappa shape index (κ3) is 2.26. The Morgan fingerprint density at radius 3 is 2.54 bits per heavy atom. The number of benzene rings is 1. The van der Waals surface area contributed by atoms with Crippen LogP contribution >= 0.6 is 0 Å². The van der Waals surface area contributed by atoms with Crippen molar-refractivity contribution in [1.82, 2.24) is 5.32 Å². The molecule has 1 aromatic rings. The van der Waals surface area contributed by atoms with Crippen molar-refractivity contribution in [2.75, 3.05) is 13.1 Å². The lowest BCUT2D eigenvalue weighted by Gasteiger charge is -2.27. The van der Waals surface area contributed by atoms with Gasteiger partial charge in [-0.3, -0.25) is 0 Å². The van der Waals surface area contributed by atoms with Gasteiger partial charge in [0, 0.05) is 13.1 Å². The first-order valence-electron chi connectivity index (χ1n) is 4.41. The highest BCUT2D eigenvalue weighted by Crippen LogP contribution is 2.07. The van der Waals surface area contributed by atoms with Crippen LogP contribution in [0.25, 0.3) is 0 Å². The van der Waals surface area contributed by atoms with Crippen LogP contribution in [0.3, 0.4) is 0 Å². The van der Waals surface area contributed by atoms with Crippen LogP contribution in [0.4, 0.5) is 4.39 Å². The maximum atomic E-state index is 12.5. The van der Waals surface area contributed by atoms with Crippen molar-refractivity contribution in [2.24, 2.45) is 0 Å². The van der Waals surface area contributed by atoms with E-state index in [1.807, 2.05) is 0 Å². The molecule has 1 aromatic carbocycles. The van der Waals surface area contributed by atoms with Gasteiger partial charge in [0.1, 0.15) is 5.82 Å². The standard InChI is InChI=1S/C10H12FNO/c11-9-3-1-8(2-4-9)7-13-10-5-12-6-10/h1-4,10,12H,5-7H2. The summed E-state index contributed by atoms with van der Waals surface area (Å²) in [4.78, 5) is 0. The fourth-order valence-electron chi connectivity index (χ4n) is 1.17. The summed E-state index contributed by atoms with van der Waals surface area (Å²) in [6.07, 6.45) is 0.338. The van der Waals surface area contributed by atoms with Gasteiger partial charge in [0.25, 0.3) is 0 Å². The second kappa shape index (κ2) is 3.85. The van der Waals surface area contributed by atoms with E-state index in [9.17, 15) is 4.39 Å². The van der Waals surface area contributed by atoms with Crippen molar-refractivity contribution < 1.29 is 9.13 Å². The van der Waals surface area contributed by atoms with E-state index in [2.05, 4.69) is 5.32 Å². The van der Waals surface area contributed by atoms with Gasteiger partial charge in [0.2, 0.25) is 0 Å². The molecule has 0 unspecified atom stereocenters. The van der Waals surface area contributed by atoms with Crippen LogP contribution in [0.1, 0.15) is 5.56 Å². The molecule has 13 heavy (non-hydrogen) atoms. The van der Waals surface area contributed by atoms with Gasteiger partial charge in [-0.05, 0) is 17.7 Å². The zero-order chi connectivity index (χ0) is 9.10. The van der Waals surface area contributed by atoms with E-state index in [-0.39, 0.29) is 5.82 Å². The van der Waals surface area contributed by atoms with Crippen molar-refractivity contribution in [3.63, 3.8) is 0 Å². The predicted octanol–water partition coefficient (Wildman–Crippen LogP) is 1.31. The predicted molar refractivity (Wildman–Crippen MR) is 47.8 cm³/mol. The molecule has 0 aliphatic carbocycles. The molecular weight excluding hydrogens is 169 g/mol. The van der Waals surface area contributed by atoms with Crippen LogP contribution in [0.5, 0.6) is 0 Å². The highest BCUT2D eigenvalue weighted by Gasteiger charge is 2.16. The highest BCUT2D eigenvalue weighted by atomic mass is 19.1. The molecule has 1 fully saturated rings. The third-order valence-corrected chi connectivity index (χ3v) is 2.14. The van der Waals surface area contributed by atoms with Crippen LogP contribution in [0.15, 0.2) is 24.3 Å². The van der Waals surface area contributed by atoms with Crippen molar-refractivity contribution in [2.45, 2.75) is 12.7 Å². The van der Waals surface area contributed by atoms with Crippen molar-refractivity contribution in [1.29, 1.82) is 0 Å². The Labute approximate surface area is 76.7 Å². The first-order chi connectivity index (χ1) is 6.34. The molecule has 2 nitrogen and oxygen atoms in total. The summed E-state index contributed by atoms with van der Waals surface area (Å²) >= 11 is 0. The highest BCUT2D eigenvalue weighted by molar-refractivity contribution is 5.15. The molecule has 0 atom stereocenters. The van der Waals surface area contributed by atoms with Crippen LogP contribution in [0, 0.1) is 5.82 Å². The van der Waals surface area contributed by atoms with Crippen LogP contribution in [-0.4, -0.2) is 19.2 Å². The van der Waals surface area contributed by atoms with E-state index in [0.717, 1.165) is 18.7 Å². The molecule has 1 saturated heterocycles. The molecule has 0 radical (unpaired) electrons. The third-order valence-electron chi connectivity index (χ3n) is 2.14. The summed E-state index contributed by atoms with van der Waals surface area (Å²) in [6.45, 7) is 2.44. The lowest BCUT2D eigenvalue weighted by atomic mass is 10.2. The number of hydrogen-bond acceptors (Lipinski definition) is 2. The van der Waals surface area contributed by atoms with Gasteiger partial charge in [-0.1, -0.05) is 12.1 Å². The summed E-state index contributed by atoms with van der Waals surface area (Å²) in [5.41, 5.74) is 1.02. The molecule has 1 N–H and O–H groups in total. The minimum Gasteiger partial charge on any atom is -0.371 e. The van der Waals surface area contributed by atoms with E-state index in [0.29, 0.717) is 12.7 Å². The lowest BCUT2D eigenvalue weighted by Crippen LogP contribution is -2.48. The van der Waals surface area contributed by atoms with E-state index >= 15 is 0 Å². The normalized spacial score (nSPS) is 17.0. The monoisotopic (exact) mass is 181 g/mol. The van der Waals surface area contributed by atoms with Gasteiger partial charge >= 0.3 is 0 Å². The molecule has 1 heterocycles. The topological polar surface area (TPSA) is 21.3 Å². The first-order valence-corrected chi connectivity index (χ1v) is 4.41. The smallest absolute Gasteiger partial charge is 0.123 e. The van der Waals surface area contributed by atoms with Gasteiger partial charge in [-0.25, -0.2) is 4.39 Å². The second-order valence-corrected chi connectivity index (χ2v) is 3.22. The van der Waals surface area contributed by atoms with E-state index in [4.69, 9.17) is 4.74 Å². The number of rotatable bonds is 3. The Morgan fingerprint density at radius 2 is 2.00 bits per heavy atom. The van der Waals surface area contributed by atoms with E-state index < -0.39 is 0 Å². The van der Waals surface area contributed by atoms with Gasteiger partial charge < -0.3 is 10.1 Å². The summed E-state index contributed by atoms with van der Waals surface area (Å²) in [7, 11) is 0. The first kappa shape index (κ1) is 8.66. The van der Waals surface area contributed by atoms with Crippen LogP contribution in [0.2, 0.25) is 0 Å². The fourth-order valence-corrected chi connectivity index (χ4v) is 1.17. The molecule has 0 spiro atoms. The van der Waals surface area contributed by atoms with Crippen molar-refractivity contribution in [3.8, 4) is 0 Å². The fraction of sp³-hybridized carbons (Fsp3) is 0.400. The molecule has 0 bridgehead atoms. The average molecular weight is 181 g/mol. The number of ether oxygens (including phenoxy) is 1. The van der Waals surface area contributed by atoms with Crippen molar-refractivity contribution in [3.05, 3.63) is 35.6 Å². The van der Waals surface area contributed by atoms with Gasteiger partial charge in [0.05, 0.1) is 12.7 Å². The van der Waals surface area contributed by atoms with E-state index in [1.165, 1.54) is 12.1 Å². The van der Waals surface area contributed by atoms with E-state index in [1.54, 1.807) is 12.1 Å². The summed E-state index contributed by atoms with van der Waals surface area (Å²) in [5, 5.41) is 3.12. The second-order valence-electron chi connectivity index (χ2n) is 3.22. The zero-order valence-electron chi connectivity index (χ0n) is 7.29. The van der Waals surface area contributed by atoms with Crippen LogP contribution < -0.4 is 5.32 Å². The Balaban J connectivity index is 1.83.